The zero-order chi connectivity index (χ0) is 17.9. The Morgan fingerprint density at radius 1 is 0.852 bits per heavy atom. The average Bonchev–Trinajstić information content (AvgIpc) is 2.68. The number of ether oxygens (including phenoxy) is 1. The minimum absolute atomic E-state index is 0. The zero-order valence-electron chi connectivity index (χ0n) is 14.5. The normalized spacial score (nSPS) is 10.3. The van der Waals surface area contributed by atoms with Crippen LogP contribution < -0.4 is 22.5 Å². The Morgan fingerprint density at radius 3 is 2.37 bits per heavy atom. The maximum atomic E-state index is 6.35. The third-order valence-electron chi connectivity index (χ3n) is 4.08. The van der Waals surface area contributed by atoms with Gasteiger partial charge in [0.15, 0.2) is 5.82 Å². The monoisotopic (exact) mass is 396 g/mol. The van der Waals surface area contributed by atoms with E-state index in [1.54, 1.807) is 7.11 Å². The van der Waals surface area contributed by atoms with Gasteiger partial charge >= 0.3 is 0 Å². The van der Waals surface area contributed by atoms with Crippen LogP contribution in [0.25, 0.3) is 22.3 Å². The van der Waals surface area contributed by atoms with Gasteiger partial charge in [-0.05, 0) is 36.4 Å². The quantitative estimate of drug-likeness (QED) is 0.575. The summed E-state index contributed by atoms with van der Waals surface area (Å²) < 4.78 is 5.44. The van der Waals surface area contributed by atoms with Crippen molar-refractivity contribution >= 4 is 34.0 Å². The van der Waals surface area contributed by atoms with Gasteiger partial charge < -0.3 is 22.5 Å². The van der Waals surface area contributed by atoms with E-state index in [0.29, 0.717) is 16.7 Å². The molecule has 0 aliphatic carbocycles. The molecule has 0 unspecified atom stereocenters. The Labute approximate surface area is 168 Å². The molecule has 0 bridgehead atoms. The zero-order valence-corrected chi connectivity index (χ0v) is 16.0. The summed E-state index contributed by atoms with van der Waals surface area (Å²) in [6.07, 6.45) is 0. The summed E-state index contributed by atoms with van der Waals surface area (Å²) in [4.78, 5) is 9.42. The lowest BCUT2D eigenvalue weighted by Gasteiger charge is -2.13. The van der Waals surface area contributed by atoms with Crippen LogP contribution in [0.5, 0.6) is 5.75 Å². The molecule has 0 fully saturated rings. The van der Waals surface area contributed by atoms with Gasteiger partial charge in [0.1, 0.15) is 11.6 Å². The van der Waals surface area contributed by atoms with E-state index in [4.69, 9.17) is 21.3 Å². The fourth-order valence-corrected chi connectivity index (χ4v) is 3.03. The van der Waals surface area contributed by atoms with Crippen molar-refractivity contribution in [2.45, 2.75) is 0 Å². The molecule has 6 heteroatoms. The average molecular weight is 397 g/mol. The van der Waals surface area contributed by atoms with Gasteiger partial charge in [-0.25, -0.2) is 9.97 Å². The molecule has 0 spiro atoms. The second-order valence-corrected chi connectivity index (χ2v) is 6.13. The first kappa shape index (κ1) is 19.0. The number of fused-ring (bicyclic) bond motifs is 1. The highest BCUT2D eigenvalue weighted by Gasteiger charge is 2.13. The second-order valence-electron chi connectivity index (χ2n) is 5.72. The van der Waals surface area contributed by atoms with Crippen molar-refractivity contribution in [2.75, 3.05) is 12.4 Å². The summed E-state index contributed by atoms with van der Waals surface area (Å²) in [5.41, 5.74) is 2.47. The summed E-state index contributed by atoms with van der Waals surface area (Å²) in [6, 6.07) is 23.2. The standard InChI is InChI=1S/C21H16ClN3O.ClH/c1-26-19-13-7-6-12-18(19)24-21-15-9-3-5-11-17(15)23-20(25-21)14-8-2-4-10-16(14)22;/h2-13H,1H3,(H,23,24,25);1H/p-1. The molecule has 0 aliphatic rings. The molecule has 4 nitrogen and oxygen atoms in total. The lowest BCUT2D eigenvalue weighted by Crippen LogP contribution is -3.00. The molecule has 0 aliphatic heterocycles. The molecule has 0 amide bonds. The SMILES string of the molecule is COc1ccccc1Nc1nc(-c2ccccc2Cl)nc2ccccc12.[Cl-]. The van der Waals surface area contributed by atoms with Crippen molar-refractivity contribution in [3.8, 4) is 17.1 Å². The molecule has 0 saturated carbocycles. The van der Waals surface area contributed by atoms with E-state index in [2.05, 4.69) is 10.3 Å². The molecular formula is C21H16Cl2N3O-. The molecule has 1 N–H and O–H groups in total. The fourth-order valence-electron chi connectivity index (χ4n) is 2.81. The highest BCUT2D eigenvalue weighted by Crippen LogP contribution is 2.32. The van der Waals surface area contributed by atoms with E-state index in [1.165, 1.54) is 0 Å². The predicted octanol–water partition coefficient (Wildman–Crippen LogP) is 2.71. The van der Waals surface area contributed by atoms with E-state index in [9.17, 15) is 0 Å². The van der Waals surface area contributed by atoms with Gasteiger partial charge in [-0.1, -0.05) is 48.0 Å². The van der Waals surface area contributed by atoms with E-state index >= 15 is 0 Å². The van der Waals surface area contributed by atoms with E-state index in [0.717, 1.165) is 27.9 Å². The summed E-state index contributed by atoms with van der Waals surface area (Å²) >= 11 is 6.35. The lowest BCUT2D eigenvalue weighted by molar-refractivity contribution is -0.00000539. The first-order chi connectivity index (χ1) is 12.8. The van der Waals surface area contributed by atoms with Crippen LogP contribution >= 0.6 is 11.6 Å². The molecule has 136 valence electrons. The van der Waals surface area contributed by atoms with Gasteiger partial charge in [0.2, 0.25) is 0 Å². The summed E-state index contributed by atoms with van der Waals surface area (Å²) in [5.74, 6) is 2.02. The lowest BCUT2D eigenvalue weighted by atomic mass is 10.1. The number of benzene rings is 3. The van der Waals surface area contributed by atoms with Gasteiger partial charge in [-0.15, -0.1) is 0 Å². The number of rotatable bonds is 4. The van der Waals surface area contributed by atoms with Crippen LogP contribution in [-0.4, -0.2) is 17.1 Å². The van der Waals surface area contributed by atoms with Crippen LogP contribution in [0.4, 0.5) is 11.5 Å². The Balaban J connectivity index is 0.00000210. The van der Waals surface area contributed by atoms with Crippen LogP contribution in [0.2, 0.25) is 5.02 Å². The van der Waals surface area contributed by atoms with Crippen LogP contribution in [0.3, 0.4) is 0 Å². The van der Waals surface area contributed by atoms with E-state index in [1.807, 2.05) is 72.8 Å². The molecule has 27 heavy (non-hydrogen) atoms. The number of nitrogens with zero attached hydrogens (tertiary/aromatic N) is 2. The van der Waals surface area contributed by atoms with Crippen LogP contribution in [0.15, 0.2) is 72.8 Å². The van der Waals surface area contributed by atoms with Gasteiger partial charge in [-0.3, -0.25) is 0 Å². The molecule has 4 aromatic rings. The number of anilines is 2. The van der Waals surface area contributed by atoms with Crippen molar-refractivity contribution in [3.05, 3.63) is 77.8 Å². The minimum Gasteiger partial charge on any atom is -1.00 e. The summed E-state index contributed by atoms with van der Waals surface area (Å²) in [7, 11) is 1.65. The number of methoxy groups -OCH3 is 1. The maximum Gasteiger partial charge on any atom is 0.163 e. The van der Waals surface area contributed by atoms with Crippen LogP contribution in [0, 0.1) is 0 Å². The topological polar surface area (TPSA) is 47.0 Å². The second kappa shape index (κ2) is 8.25. The van der Waals surface area contributed by atoms with Gasteiger partial charge in [-0.2, -0.15) is 0 Å². The molecule has 4 rings (SSSR count). The number of halogens is 2. The van der Waals surface area contributed by atoms with Crippen molar-refractivity contribution < 1.29 is 17.1 Å². The van der Waals surface area contributed by atoms with Crippen LogP contribution in [0.1, 0.15) is 0 Å². The Bertz CT molecular complexity index is 1090. The van der Waals surface area contributed by atoms with Crippen molar-refractivity contribution in [2.24, 2.45) is 0 Å². The Kier molecular flexibility index (Phi) is 5.79. The Morgan fingerprint density at radius 2 is 1.56 bits per heavy atom. The van der Waals surface area contributed by atoms with Gasteiger partial charge in [0, 0.05) is 10.9 Å². The fraction of sp³-hybridized carbons (Fsp3) is 0.0476. The van der Waals surface area contributed by atoms with Crippen molar-refractivity contribution in [1.29, 1.82) is 0 Å². The number of hydrogen-bond acceptors (Lipinski definition) is 4. The molecule has 3 aromatic carbocycles. The highest BCUT2D eigenvalue weighted by atomic mass is 35.5. The Hall–Kier alpha value is -2.82. The first-order valence-corrected chi connectivity index (χ1v) is 8.56. The summed E-state index contributed by atoms with van der Waals surface area (Å²) in [6.45, 7) is 0. The van der Waals surface area contributed by atoms with Gasteiger partial charge in [0.05, 0.1) is 23.3 Å². The van der Waals surface area contributed by atoms with Crippen molar-refractivity contribution in [1.82, 2.24) is 9.97 Å². The number of hydrogen-bond donors (Lipinski definition) is 1. The minimum atomic E-state index is 0. The third-order valence-corrected chi connectivity index (χ3v) is 4.41. The number of nitrogens with one attached hydrogen (secondary N) is 1. The van der Waals surface area contributed by atoms with E-state index in [-0.39, 0.29) is 12.4 Å². The third kappa shape index (κ3) is 3.82. The summed E-state index contributed by atoms with van der Waals surface area (Å²) in [5, 5.41) is 4.92. The maximum absolute atomic E-state index is 6.35. The smallest absolute Gasteiger partial charge is 0.163 e. The molecule has 0 radical (unpaired) electrons. The van der Waals surface area contributed by atoms with E-state index < -0.39 is 0 Å². The first-order valence-electron chi connectivity index (χ1n) is 8.18. The number of aromatic nitrogens is 2. The van der Waals surface area contributed by atoms with Crippen molar-refractivity contribution in [3.63, 3.8) is 0 Å². The van der Waals surface area contributed by atoms with Gasteiger partial charge in [0.25, 0.3) is 0 Å². The molecule has 1 heterocycles. The molecular weight excluding hydrogens is 381 g/mol. The predicted molar refractivity (Wildman–Crippen MR) is 106 cm³/mol. The molecule has 0 atom stereocenters. The largest absolute Gasteiger partial charge is 1.00 e. The number of para-hydroxylation sites is 3. The molecule has 0 saturated heterocycles. The molecule has 1 aromatic heterocycles. The highest BCUT2D eigenvalue weighted by molar-refractivity contribution is 6.33. The van der Waals surface area contributed by atoms with Crippen LogP contribution in [-0.2, 0) is 0 Å².